The number of benzene rings is 1. The Morgan fingerprint density at radius 2 is 1.85 bits per heavy atom. The van der Waals surface area contributed by atoms with E-state index in [1.807, 2.05) is 4.72 Å². The van der Waals surface area contributed by atoms with Crippen molar-refractivity contribution in [3.8, 4) is 17.1 Å². The van der Waals surface area contributed by atoms with Gasteiger partial charge in [0.25, 0.3) is 15.9 Å². The van der Waals surface area contributed by atoms with E-state index in [0.29, 0.717) is 17.1 Å². The molecule has 2 saturated carbocycles. The number of aromatic nitrogens is 5. The topological polar surface area (TPSA) is 217 Å². The maximum Gasteiger partial charge on any atom is 0.408 e. The average molecular weight is 784 g/mol. The van der Waals surface area contributed by atoms with E-state index in [0.717, 1.165) is 25.5 Å². The molecule has 2 aromatic heterocycles. The Morgan fingerprint density at radius 1 is 1.13 bits per heavy atom. The number of nitrogens with zero attached hydrogens (tertiary/aromatic N) is 6. The van der Waals surface area contributed by atoms with Gasteiger partial charge >= 0.3 is 6.09 Å². The third kappa shape index (κ3) is 7.89. The van der Waals surface area contributed by atoms with Crippen molar-refractivity contribution in [1.82, 2.24) is 45.4 Å². The van der Waals surface area contributed by atoms with E-state index < -0.39 is 73.7 Å². The highest BCUT2D eigenvalue weighted by Crippen LogP contribution is 2.45. The van der Waals surface area contributed by atoms with E-state index in [4.69, 9.17) is 21.1 Å². The van der Waals surface area contributed by atoms with Crippen LogP contribution in [0.5, 0.6) is 5.75 Å². The molecule has 3 aliphatic rings. The van der Waals surface area contributed by atoms with Gasteiger partial charge in [0.2, 0.25) is 17.6 Å². The van der Waals surface area contributed by atoms with Gasteiger partial charge in [-0.05, 0) is 66.6 Å². The van der Waals surface area contributed by atoms with Crippen molar-refractivity contribution in [3.05, 3.63) is 60.4 Å². The quantitative estimate of drug-likeness (QED) is 0.226. The number of pyridine rings is 1. The molecular formula is C35H42ClN9O8S. The lowest BCUT2D eigenvalue weighted by atomic mass is 9.85. The summed E-state index contributed by atoms with van der Waals surface area (Å²) in [6, 6.07) is 5.32. The van der Waals surface area contributed by atoms with Crippen LogP contribution in [0.3, 0.4) is 0 Å². The number of rotatable bonds is 12. The molecule has 3 fully saturated rings. The average Bonchev–Trinajstić information content (AvgIpc) is 3.40. The summed E-state index contributed by atoms with van der Waals surface area (Å²) in [5.41, 5.74) is -1.87. The zero-order valence-corrected chi connectivity index (χ0v) is 31.8. The van der Waals surface area contributed by atoms with Crippen LogP contribution in [0.25, 0.3) is 11.4 Å². The number of carbonyl (C=O) groups excluding carboxylic acids is 4. The van der Waals surface area contributed by atoms with Gasteiger partial charge in [-0.25, -0.2) is 17.9 Å². The van der Waals surface area contributed by atoms with Crippen molar-refractivity contribution in [2.45, 2.75) is 87.5 Å². The Morgan fingerprint density at radius 3 is 2.44 bits per heavy atom. The van der Waals surface area contributed by atoms with Crippen LogP contribution in [0.1, 0.15) is 58.9 Å². The molecule has 5 atom stereocenters. The molecule has 0 unspecified atom stereocenters. The van der Waals surface area contributed by atoms with Crippen LogP contribution in [0.4, 0.5) is 4.79 Å². The Bertz CT molecular complexity index is 2050. The lowest BCUT2D eigenvalue weighted by Crippen LogP contribution is -2.60. The van der Waals surface area contributed by atoms with Gasteiger partial charge in [0, 0.05) is 36.8 Å². The predicted molar refractivity (Wildman–Crippen MR) is 193 cm³/mol. The van der Waals surface area contributed by atoms with E-state index in [1.165, 1.54) is 28.0 Å². The lowest BCUT2D eigenvalue weighted by molar-refractivity contribution is -0.142. The molecule has 1 aromatic carbocycles. The predicted octanol–water partition coefficient (Wildman–Crippen LogP) is 2.80. The molecule has 0 radical (unpaired) electrons. The van der Waals surface area contributed by atoms with Gasteiger partial charge < -0.3 is 25.0 Å². The van der Waals surface area contributed by atoms with Gasteiger partial charge in [0.1, 0.15) is 34.4 Å². The molecule has 6 rings (SSSR count). The van der Waals surface area contributed by atoms with E-state index >= 15 is 0 Å². The number of amides is 4. The molecule has 19 heteroatoms. The van der Waals surface area contributed by atoms with Crippen molar-refractivity contribution in [2.24, 2.45) is 11.3 Å². The second-order valence-electron chi connectivity index (χ2n) is 14.7. The van der Waals surface area contributed by atoms with Gasteiger partial charge in [-0.2, -0.15) is 4.80 Å². The summed E-state index contributed by atoms with van der Waals surface area (Å²) in [5, 5.41) is 18.3. The summed E-state index contributed by atoms with van der Waals surface area (Å²) in [5.74, 6) is -2.01. The maximum atomic E-state index is 14.5. The SMILES string of the molecule is C=C[C@@H]1C[C@]1(NC(=O)[C@@H]1C[C@@H](n2nnc(-c3ccc(OC)cc3)n2)CN1C(=O)[C@@H](NC(=O)OC1CCC1)C(C)(C)C)C(=O)NS(=O)(=O)c1cnccc1Cl. The molecule has 0 spiro atoms. The summed E-state index contributed by atoms with van der Waals surface area (Å²) in [4.78, 5) is 61.5. The molecule has 288 valence electrons. The molecule has 2 aliphatic carbocycles. The molecule has 4 amide bonds. The van der Waals surface area contributed by atoms with Crippen LogP contribution in [-0.2, 0) is 29.1 Å². The van der Waals surface area contributed by atoms with Crippen molar-refractivity contribution >= 4 is 45.4 Å². The third-order valence-electron chi connectivity index (χ3n) is 9.97. The number of carbonyl (C=O) groups is 4. The fourth-order valence-electron chi connectivity index (χ4n) is 6.48. The fraction of sp³-hybridized carbons (Fsp3) is 0.486. The first-order chi connectivity index (χ1) is 25.6. The standard InChI is InChI=1S/C35H42ClN9O8S/c1-6-21-17-35(21,32(48)42-54(50,51)27-18-37-15-14-25(27)36)39-30(46)26-16-22(45-41-29(40-43-45)20-10-12-23(52-5)13-11-20)19-44(26)31(47)28(34(2,3)4)38-33(49)53-24-8-7-9-24/h6,10-15,18,21-22,24,26,28H,1,7-9,16-17,19H2,2-5H3,(H,38,49)(H,39,46)(H,42,48)/t21-,22-,26+,28-,35-/m1/s1. The number of ether oxygens (including phenoxy) is 2. The minimum absolute atomic E-state index is 0.000580. The maximum absolute atomic E-state index is 14.5. The van der Waals surface area contributed by atoms with Crippen molar-refractivity contribution in [1.29, 1.82) is 0 Å². The summed E-state index contributed by atoms with van der Waals surface area (Å²) >= 11 is 6.08. The molecule has 1 aliphatic heterocycles. The molecule has 3 N–H and O–H groups in total. The van der Waals surface area contributed by atoms with Gasteiger partial charge in [-0.15, -0.1) is 16.8 Å². The summed E-state index contributed by atoms with van der Waals surface area (Å²) < 4.78 is 39.1. The fourth-order valence-corrected chi connectivity index (χ4v) is 7.95. The number of tetrazole rings is 1. The minimum Gasteiger partial charge on any atom is -0.497 e. The van der Waals surface area contributed by atoms with E-state index in [1.54, 1.807) is 52.1 Å². The second-order valence-corrected chi connectivity index (χ2v) is 16.8. The number of methoxy groups -OCH3 is 1. The van der Waals surface area contributed by atoms with E-state index in [9.17, 15) is 27.6 Å². The second kappa shape index (κ2) is 15.0. The third-order valence-corrected chi connectivity index (χ3v) is 11.8. The number of alkyl carbamates (subject to hydrolysis) is 1. The molecule has 17 nitrogen and oxygen atoms in total. The van der Waals surface area contributed by atoms with E-state index in [2.05, 4.69) is 37.6 Å². The Balaban J connectivity index is 1.28. The monoisotopic (exact) mass is 783 g/mol. The zero-order chi connectivity index (χ0) is 39.0. The molecule has 0 bridgehead atoms. The van der Waals surface area contributed by atoms with Crippen LogP contribution < -0.4 is 20.1 Å². The van der Waals surface area contributed by atoms with Crippen molar-refractivity contribution in [3.63, 3.8) is 0 Å². The lowest BCUT2D eigenvalue weighted by Gasteiger charge is -2.36. The zero-order valence-electron chi connectivity index (χ0n) is 30.2. The van der Waals surface area contributed by atoms with Gasteiger partial charge in [-0.1, -0.05) is 38.4 Å². The first-order valence-corrected chi connectivity index (χ1v) is 19.3. The molecule has 3 heterocycles. The Hall–Kier alpha value is -5.10. The smallest absolute Gasteiger partial charge is 0.408 e. The summed E-state index contributed by atoms with van der Waals surface area (Å²) in [6.45, 7) is 9.01. The first-order valence-electron chi connectivity index (χ1n) is 17.4. The van der Waals surface area contributed by atoms with Crippen LogP contribution in [-0.4, -0.2) is 99.7 Å². The van der Waals surface area contributed by atoms with Gasteiger partial charge in [0.15, 0.2) is 0 Å². The number of hydrogen-bond donors (Lipinski definition) is 3. The highest BCUT2D eigenvalue weighted by atomic mass is 35.5. The van der Waals surface area contributed by atoms with Crippen LogP contribution in [0.15, 0.2) is 60.3 Å². The highest BCUT2D eigenvalue weighted by molar-refractivity contribution is 7.90. The number of likely N-dealkylation sites (tertiary alicyclic amines) is 1. The van der Waals surface area contributed by atoms with Crippen LogP contribution >= 0.6 is 11.6 Å². The normalized spacial score (nSPS) is 23.1. The highest BCUT2D eigenvalue weighted by Gasteiger charge is 2.61. The van der Waals surface area contributed by atoms with Crippen molar-refractivity contribution < 1.29 is 37.1 Å². The first kappa shape index (κ1) is 38.6. The van der Waals surface area contributed by atoms with Crippen LogP contribution in [0, 0.1) is 11.3 Å². The molecule has 54 heavy (non-hydrogen) atoms. The van der Waals surface area contributed by atoms with E-state index in [-0.39, 0.29) is 30.5 Å². The summed E-state index contributed by atoms with van der Waals surface area (Å²) in [6.07, 6.45) is 5.22. The number of hydrogen-bond acceptors (Lipinski definition) is 12. The minimum atomic E-state index is -4.49. The number of halogens is 1. The Labute approximate surface area is 317 Å². The number of nitrogens with one attached hydrogen (secondary N) is 3. The van der Waals surface area contributed by atoms with Crippen molar-refractivity contribution in [2.75, 3.05) is 13.7 Å². The van der Waals surface area contributed by atoms with Gasteiger partial charge in [-0.3, -0.25) is 19.4 Å². The molecule has 1 saturated heterocycles. The van der Waals surface area contributed by atoms with Gasteiger partial charge in [0.05, 0.1) is 18.2 Å². The number of sulfonamides is 1. The largest absolute Gasteiger partial charge is 0.497 e. The molecular weight excluding hydrogens is 742 g/mol. The van der Waals surface area contributed by atoms with Crippen LogP contribution in [0.2, 0.25) is 5.02 Å². The Kier molecular flexibility index (Phi) is 10.7. The molecule has 3 aromatic rings. The summed E-state index contributed by atoms with van der Waals surface area (Å²) in [7, 11) is -2.94.